The van der Waals surface area contributed by atoms with E-state index in [1.54, 1.807) is 34.3 Å². The van der Waals surface area contributed by atoms with Crippen molar-refractivity contribution in [3.05, 3.63) is 34.9 Å². The molecule has 8 heteroatoms. The van der Waals surface area contributed by atoms with E-state index in [0.29, 0.717) is 43.6 Å². The number of carbonyl (C=O) groups excluding carboxylic acids is 1. The number of nitrogens with zero attached hydrogens (tertiary/aromatic N) is 2. The molecule has 148 valence electrons. The lowest BCUT2D eigenvalue weighted by atomic mass is 10.0. The highest BCUT2D eigenvalue weighted by molar-refractivity contribution is 7.89. The Morgan fingerprint density at radius 2 is 1.93 bits per heavy atom. The molecule has 2 saturated heterocycles. The summed E-state index contributed by atoms with van der Waals surface area (Å²) >= 11 is 0. The van der Waals surface area contributed by atoms with E-state index < -0.39 is 16.0 Å². The van der Waals surface area contributed by atoms with Gasteiger partial charge in [0.15, 0.2) is 0 Å². The third-order valence-electron chi connectivity index (χ3n) is 5.48. The summed E-state index contributed by atoms with van der Waals surface area (Å²) in [6, 6.07) is 5.06. The van der Waals surface area contributed by atoms with E-state index in [4.69, 9.17) is 0 Å². The van der Waals surface area contributed by atoms with Crippen molar-refractivity contribution in [3.8, 4) is 0 Å². The van der Waals surface area contributed by atoms with E-state index in [-0.39, 0.29) is 29.7 Å². The molecule has 1 aromatic rings. The molecule has 7 nitrogen and oxygen atoms in total. The van der Waals surface area contributed by atoms with Gasteiger partial charge in [0, 0.05) is 25.7 Å². The summed E-state index contributed by atoms with van der Waals surface area (Å²) < 4.78 is 25.9. The number of likely N-dealkylation sites (tertiary alicyclic amines) is 1. The van der Waals surface area contributed by atoms with Crippen molar-refractivity contribution in [1.82, 2.24) is 9.21 Å². The molecule has 0 spiro atoms. The normalized spacial score (nSPS) is 23.1. The van der Waals surface area contributed by atoms with Crippen LogP contribution >= 0.6 is 0 Å². The standard InChI is InChI=1S/C19H26N2O5S/c1-14-5-6-15(12-17(14)19(23)24)13-18(22)20-8-2-4-16(7-10-20)21-9-3-11-27(21,25)26/h5-6,12,16H,2-4,7-11,13H2,1H3,(H,23,24). The van der Waals surface area contributed by atoms with Crippen molar-refractivity contribution in [2.24, 2.45) is 0 Å². The average molecular weight is 394 g/mol. The molecule has 0 bridgehead atoms. The molecule has 1 amide bonds. The Bertz CT molecular complexity index is 837. The van der Waals surface area contributed by atoms with Gasteiger partial charge in [-0.05, 0) is 49.8 Å². The van der Waals surface area contributed by atoms with E-state index >= 15 is 0 Å². The average Bonchev–Trinajstić information content (AvgIpc) is 2.82. The second-order valence-corrected chi connectivity index (χ2v) is 9.42. The number of aromatic carboxylic acids is 1. The van der Waals surface area contributed by atoms with Crippen LogP contribution in [0.1, 0.15) is 47.2 Å². The van der Waals surface area contributed by atoms with Gasteiger partial charge < -0.3 is 10.0 Å². The summed E-state index contributed by atoms with van der Waals surface area (Å²) in [5.41, 5.74) is 1.57. The maximum Gasteiger partial charge on any atom is 0.335 e. The highest BCUT2D eigenvalue weighted by Crippen LogP contribution is 2.25. The number of carboxylic acid groups (broad SMARTS) is 1. The smallest absolute Gasteiger partial charge is 0.335 e. The zero-order chi connectivity index (χ0) is 19.6. The molecular weight excluding hydrogens is 368 g/mol. The van der Waals surface area contributed by atoms with Crippen LogP contribution in [0.3, 0.4) is 0 Å². The van der Waals surface area contributed by atoms with Crippen LogP contribution in [0.15, 0.2) is 18.2 Å². The largest absolute Gasteiger partial charge is 0.478 e. The van der Waals surface area contributed by atoms with Gasteiger partial charge in [0.25, 0.3) is 0 Å². The van der Waals surface area contributed by atoms with Gasteiger partial charge in [0.05, 0.1) is 17.7 Å². The lowest BCUT2D eigenvalue weighted by Gasteiger charge is -2.25. The first-order chi connectivity index (χ1) is 12.8. The van der Waals surface area contributed by atoms with Crippen LogP contribution in [0.2, 0.25) is 0 Å². The van der Waals surface area contributed by atoms with Crippen molar-refractivity contribution >= 4 is 21.9 Å². The van der Waals surface area contributed by atoms with Gasteiger partial charge in [-0.1, -0.05) is 12.1 Å². The number of carbonyl (C=O) groups is 2. The minimum atomic E-state index is -3.13. The summed E-state index contributed by atoms with van der Waals surface area (Å²) in [6.45, 7) is 3.46. The minimum Gasteiger partial charge on any atom is -0.478 e. The van der Waals surface area contributed by atoms with Gasteiger partial charge >= 0.3 is 5.97 Å². The molecule has 2 aliphatic rings. The van der Waals surface area contributed by atoms with E-state index in [0.717, 1.165) is 12.8 Å². The summed E-state index contributed by atoms with van der Waals surface area (Å²) in [6.07, 6.45) is 3.04. The number of hydrogen-bond acceptors (Lipinski definition) is 4. The van der Waals surface area contributed by atoms with Crippen molar-refractivity contribution in [2.45, 2.75) is 45.1 Å². The van der Waals surface area contributed by atoms with Crippen molar-refractivity contribution < 1.29 is 23.1 Å². The number of hydrogen-bond donors (Lipinski definition) is 1. The summed E-state index contributed by atoms with van der Waals surface area (Å²) in [4.78, 5) is 25.7. The quantitative estimate of drug-likeness (QED) is 0.838. The Labute approximate surface area is 160 Å². The van der Waals surface area contributed by atoms with Crippen molar-refractivity contribution in [3.63, 3.8) is 0 Å². The molecule has 2 fully saturated rings. The first-order valence-corrected chi connectivity index (χ1v) is 11.0. The van der Waals surface area contributed by atoms with Crippen molar-refractivity contribution in [1.29, 1.82) is 0 Å². The Hall–Kier alpha value is -1.93. The summed E-state index contributed by atoms with van der Waals surface area (Å²) in [5, 5.41) is 9.24. The maximum absolute atomic E-state index is 12.7. The van der Waals surface area contributed by atoms with Crippen LogP contribution in [0, 0.1) is 6.92 Å². The SMILES string of the molecule is Cc1ccc(CC(=O)N2CCCC(N3CCCS3(=O)=O)CC2)cc1C(=O)O. The van der Waals surface area contributed by atoms with Crippen LogP contribution in [0.4, 0.5) is 0 Å². The molecule has 0 radical (unpaired) electrons. The van der Waals surface area contributed by atoms with Crippen LogP contribution in [-0.2, 0) is 21.2 Å². The fourth-order valence-electron chi connectivity index (χ4n) is 3.98. The van der Waals surface area contributed by atoms with Crippen molar-refractivity contribution in [2.75, 3.05) is 25.4 Å². The number of rotatable bonds is 4. The minimum absolute atomic E-state index is 0.0201. The Morgan fingerprint density at radius 3 is 2.59 bits per heavy atom. The fraction of sp³-hybridized carbons (Fsp3) is 0.579. The third-order valence-corrected chi connectivity index (χ3v) is 7.48. The molecule has 1 N–H and O–H groups in total. The van der Waals surface area contributed by atoms with Crippen LogP contribution < -0.4 is 0 Å². The first-order valence-electron chi connectivity index (χ1n) is 9.38. The fourth-order valence-corrected chi connectivity index (χ4v) is 5.78. The molecule has 1 unspecified atom stereocenters. The molecule has 3 rings (SSSR count). The number of sulfonamides is 1. The number of amides is 1. The maximum atomic E-state index is 12.7. The summed E-state index contributed by atoms with van der Waals surface area (Å²) in [5.74, 6) is -0.808. The van der Waals surface area contributed by atoms with E-state index in [9.17, 15) is 23.1 Å². The summed E-state index contributed by atoms with van der Waals surface area (Å²) in [7, 11) is -3.13. The molecule has 0 aliphatic carbocycles. The highest BCUT2D eigenvalue weighted by atomic mass is 32.2. The second kappa shape index (κ2) is 7.98. The predicted molar refractivity (Wildman–Crippen MR) is 101 cm³/mol. The van der Waals surface area contributed by atoms with E-state index in [1.807, 2.05) is 0 Å². The molecule has 0 aromatic heterocycles. The predicted octanol–water partition coefficient (Wildman–Crippen LogP) is 1.65. The van der Waals surface area contributed by atoms with Gasteiger partial charge in [-0.3, -0.25) is 4.79 Å². The Kier molecular flexibility index (Phi) is 5.86. The molecular formula is C19H26N2O5S. The number of benzene rings is 1. The monoisotopic (exact) mass is 394 g/mol. The lowest BCUT2D eigenvalue weighted by molar-refractivity contribution is -0.130. The van der Waals surface area contributed by atoms with Gasteiger partial charge in [-0.15, -0.1) is 0 Å². The molecule has 1 aromatic carbocycles. The van der Waals surface area contributed by atoms with Gasteiger partial charge in [0.1, 0.15) is 0 Å². The topological polar surface area (TPSA) is 95.0 Å². The van der Waals surface area contributed by atoms with Crippen LogP contribution in [-0.4, -0.2) is 66.0 Å². The van der Waals surface area contributed by atoms with E-state index in [1.165, 1.54) is 0 Å². The number of carboxylic acids is 1. The molecule has 2 aliphatic heterocycles. The molecule has 27 heavy (non-hydrogen) atoms. The molecule has 1 atom stereocenters. The second-order valence-electron chi connectivity index (χ2n) is 7.38. The van der Waals surface area contributed by atoms with Gasteiger partial charge in [-0.25, -0.2) is 13.2 Å². The Morgan fingerprint density at radius 1 is 1.15 bits per heavy atom. The van der Waals surface area contributed by atoms with E-state index in [2.05, 4.69) is 0 Å². The first kappa shape index (κ1) is 19.8. The zero-order valence-electron chi connectivity index (χ0n) is 15.6. The van der Waals surface area contributed by atoms with Crippen LogP contribution in [0.5, 0.6) is 0 Å². The van der Waals surface area contributed by atoms with Crippen LogP contribution in [0.25, 0.3) is 0 Å². The molecule has 2 heterocycles. The highest BCUT2D eigenvalue weighted by Gasteiger charge is 2.35. The lowest BCUT2D eigenvalue weighted by Crippen LogP contribution is -2.38. The third kappa shape index (κ3) is 4.50. The zero-order valence-corrected chi connectivity index (χ0v) is 16.4. The Balaban J connectivity index is 1.63. The number of aryl methyl sites for hydroxylation is 1. The molecule has 0 saturated carbocycles. The van der Waals surface area contributed by atoms with Gasteiger partial charge in [0.2, 0.25) is 15.9 Å². The van der Waals surface area contributed by atoms with Gasteiger partial charge in [-0.2, -0.15) is 4.31 Å².